The summed E-state index contributed by atoms with van der Waals surface area (Å²) in [6.07, 6.45) is -8.31. The van der Waals surface area contributed by atoms with Crippen molar-refractivity contribution in [2.24, 2.45) is 0 Å². The number of alkyl halides is 6. The first-order valence-corrected chi connectivity index (χ1v) is 10.7. The second-order valence-corrected chi connectivity index (χ2v) is 7.49. The molecule has 0 fully saturated rings. The molecular weight excluding hydrogens is 522 g/mol. The van der Waals surface area contributed by atoms with Crippen molar-refractivity contribution in [3.05, 3.63) is 90.1 Å². The fourth-order valence-corrected chi connectivity index (χ4v) is 3.07. The SMILES string of the molecule is O=C(Nc1cccc2[nH]ccc12)OCc1ccc(OC(F)(F)F)cc1.OCc1ccc(OC(F)(F)F)cc1. The third-order valence-electron chi connectivity index (χ3n) is 4.70. The van der Waals surface area contributed by atoms with Crippen LogP contribution >= 0.6 is 0 Å². The summed E-state index contributed by atoms with van der Waals surface area (Å²) >= 11 is 0. The van der Waals surface area contributed by atoms with Crippen molar-refractivity contribution < 1.29 is 50.5 Å². The lowest BCUT2D eigenvalue weighted by Gasteiger charge is -2.10. The maximum Gasteiger partial charge on any atom is 0.573 e. The highest BCUT2D eigenvalue weighted by atomic mass is 19.4. The number of hydrogen-bond acceptors (Lipinski definition) is 5. The van der Waals surface area contributed by atoms with Gasteiger partial charge in [0.15, 0.2) is 0 Å². The molecule has 0 aliphatic rings. The van der Waals surface area contributed by atoms with Gasteiger partial charge in [-0.25, -0.2) is 4.79 Å². The molecule has 7 nitrogen and oxygen atoms in total. The fourth-order valence-electron chi connectivity index (χ4n) is 3.07. The summed E-state index contributed by atoms with van der Waals surface area (Å²) in [6.45, 7) is -0.284. The summed E-state index contributed by atoms with van der Waals surface area (Å²) in [4.78, 5) is 14.9. The van der Waals surface area contributed by atoms with Crippen LogP contribution in [0.15, 0.2) is 79.0 Å². The molecule has 0 saturated heterocycles. The van der Waals surface area contributed by atoms with Gasteiger partial charge >= 0.3 is 18.8 Å². The zero-order valence-electron chi connectivity index (χ0n) is 19.3. The Labute approximate surface area is 211 Å². The van der Waals surface area contributed by atoms with Gasteiger partial charge in [-0.1, -0.05) is 30.3 Å². The van der Waals surface area contributed by atoms with Gasteiger partial charge in [0, 0.05) is 17.1 Å². The van der Waals surface area contributed by atoms with E-state index in [9.17, 15) is 31.1 Å². The van der Waals surface area contributed by atoms with E-state index in [1.54, 1.807) is 18.3 Å². The second kappa shape index (κ2) is 12.2. The van der Waals surface area contributed by atoms with E-state index >= 15 is 0 Å². The van der Waals surface area contributed by atoms with Crippen LogP contribution in [-0.4, -0.2) is 28.9 Å². The number of benzene rings is 3. The third kappa shape index (κ3) is 9.24. The van der Waals surface area contributed by atoms with Gasteiger partial charge in [0.25, 0.3) is 0 Å². The smallest absolute Gasteiger partial charge is 0.444 e. The van der Waals surface area contributed by atoms with Gasteiger partial charge in [0.05, 0.1) is 12.3 Å². The monoisotopic (exact) mass is 542 g/mol. The van der Waals surface area contributed by atoms with Gasteiger partial charge in [-0.3, -0.25) is 5.32 Å². The first-order chi connectivity index (χ1) is 17.9. The number of anilines is 1. The summed E-state index contributed by atoms with van der Waals surface area (Å²) in [6, 6.07) is 17.3. The number of aliphatic hydroxyl groups excluding tert-OH is 1. The van der Waals surface area contributed by atoms with Gasteiger partial charge in [-0.2, -0.15) is 0 Å². The highest BCUT2D eigenvalue weighted by Gasteiger charge is 2.31. The Morgan fingerprint density at radius 1 is 0.789 bits per heavy atom. The molecule has 0 spiro atoms. The largest absolute Gasteiger partial charge is 0.573 e. The maximum absolute atomic E-state index is 12.1. The van der Waals surface area contributed by atoms with E-state index < -0.39 is 18.8 Å². The average Bonchev–Trinajstić information content (AvgIpc) is 3.33. The molecule has 0 unspecified atom stereocenters. The fraction of sp³-hybridized carbons (Fsp3) is 0.160. The Balaban J connectivity index is 0.000000260. The maximum atomic E-state index is 12.1. The number of aromatic amines is 1. The van der Waals surface area contributed by atoms with E-state index in [1.807, 2.05) is 12.1 Å². The third-order valence-corrected chi connectivity index (χ3v) is 4.70. The molecule has 1 heterocycles. The van der Waals surface area contributed by atoms with Gasteiger partial charge < -0.3 is 24.3 Å². The number of carbonyl (C=O) groups is 1. The first kappa shape index (κ1) is 28.2. The summed E-state index contributed by atoms with van der Waals surface area (Å²) in [5.41, 5.74) is 2.54. The van der Waals surface area contributed by atoms with Crippen LogP contribution in [0.3, 0.4) is 0 Å². The van der Waals surface area contributed by atoms with Crippen LogP contribution in [0.1, 0.15) is 11.1 Å². The van der Waals surface area contributed by atoms with Crippen LogP contribution in [0.2, 0.25) is 0 Å². The minimum Gasteiger partial charge on any atom is -0.444 e. The molecule has 0 atom stereocenters. The van der Waals surface area contributed by atoms with Crippen molar-refractivity contribution in [2.75, 3.05) is 5.32 Å². The zero-order chi connectivity index (χ0) is 27.8. The number of aliphatic hydroxyl groups is 1. The Bertz CT molecular complexity index is 1320. The van der Waals surface area contributed by atoms with Crippen LogP contribution < -0.4 is 14.8 Å². The molecule has 13 heteroatoms. The summed E-state index contributed by atoms with van der Waals surface area (Å²) in [5, 5.41) is 12.1. The van der Waals surface area contributed by atoms with E-state index in [2.05, 4.69) is 19.8 Å². The van der Waals surface area contributed by atoms with Crippen molar-refractivity contribution in [3.8, 4) is 11.5 Å². The van der Waals surface area contributed by atoms with Crippen LogP contribution in [-0.2, 0) is 18.0 Å². The van der Waals surface area contributed by atoms with Crippen molar-refractivity contribution in [1.82, 2.24) is 4.98 Å². The number of carbonyl (C=O) groups excluding carboxylic acids is 1. The number of H-pyrrole nitrogens is 1. The van der Waals surface area contributed by atoms with Crippen LogP contribution in [0, 0.1) is 0 Å². The van der Waals surface area contributed by atoms with Crippen LogP contribution in [0.25, 0.3) is 10.9 Å². The summed E-state index contributed by atoms with van der Waals surface area (Å²) in [5.74, 6) is -0.621. The van der Waals surface area contributed by atoms with Gasteiger partial charge in [-0.05, 0) is 53.6 Å². The molecule has 4 aromatic rings. The lowest BCUT2D eigenvalue weighted by Crippen LogP contribution is -2.17. The van der Waals surface area contributed by atoms with Crippen molar-refractivity contribution in [2.45, 2.75) is 25.9 Å². The number of aromatic nitrogens is 1. The normalized spacial score (nSPS) is 11.3. The van der Waals surface area contributed by atoms with E-state index in [1.165, 1.54) is 24.3 Å². The molecule has 0 radical (unpaired) electrons. The van der Waals surface area contributed by atoms with Crippen LogP contribution in [0.5, 0.6) is 11.5 Å². The van der Waals surface area contributed by atoms with E-state index in [4.69, 9.17) is 9.84 Å². The van der Waals surface area contributed by atoms with Gasteiger partial charge in [0.1, 0.15) is 18.1 Å². The molecule has 38 heavy (non-hydrogen) atoms. The van der Waals surface area contributed by atoms with Gasteiger partial charge in [-0.15, -0.1) is 26.3 Å². The number of ether oxygens (including phenoxy) is 3. The molecule has 0 bridgehead atoms. The number of amides is 1. The molecule has 202 valence electrons. The Kier molecular flexibility index (Phi) is 9.07. The molecule has 1 amide bonds. The summed E-state index contributed by atoms with van der Waals surface area (Å²) < 4.78 is 83.7. The number of fused-ring (bicyclic) bond motifs is 1. The Morgan fingerprint density at radius 3 is 1.87 bits per heavy atom. The molecule has 1 aromatic heterocycles. The van der Waals surface area contributed by atoms with E-state index in [-0.39, 0.29) is 24.7 Å². The molecular formula is C25H20F6N2O5. The molecule has 0 aliphatic heterocycles. The predicted molar refractivity (Wildman–Crippen MR) is 124 cm³/mol. The van der Waals surface area contributed by atoms with Gasteiger partial charge in [0.2, 0.25) is 0 Å². The Hall–Kier alpha value is -4.39. The lowest BCUT2D eigenvalue weighted by molar-refractivity contribution is -0.275. The average molecular weight is 542 g/mol. The molecule has 0 aliphatic carbocycles. The Morgan fingerprint density at radius 2 is 1.34 bits per heavy atom. The second-order valence-electron chi connectivity index (χ2n) is 7.49. The minimum absolute atomic E-state index is 0.0821. The number of halogens is 6. The van der Waals surface area contributed by atoms with Crippen molar-refractivity contribution in [3.63, 3.8) is 0 Å². The highest BCUT2D eigenvalue weighted by Crippen LogP contribution is 2.25. The number of nitrogens with one attached hydrogen (secondary N) is 2. The number of hydrogen-bond donors (Lipinski definition) is 3. The highest BCUT2D eigenvalue weighted by molar-refractivity contribution is 5.98. The first-order valence-electron chi connectivity index (χ1n) is 10.7. The van der Waals surface area contributed by atoms with Crippen molar-refractivity contribution >= 4 is 22.7 Å². The quantitative estimate of drug-likeness (QED) is 0.231. The zero-order valence-corrected chi connectivity index (χ0v) is 19.3. The van der Waals surface area contributed by atoms with Crippen molar-refractivity contribution in [1.29, 1.82) is 0 Å². The molecule has 3 N–H and O–H groups in total. The van der Waals surface area contributed by atoms with Crippen LogP contribution in [0.4, 0.5) is 36.8 Å². The minimum atomic E-state index is -4.74. The number of rotatable bonds is 6. The molecule has 0 saturated carbocycles. The van der Waals surface area contributed by atoms with E-state index in [0.29, 0.717) is 16.8 Å². The summed E-state index contributed by atoms with van der Waals surface area (Å²) in [7, 11) is 0. The topological polar surface area (TPSA) is 92.8 Å². The predicted octanol–water partition coefficient (Wildman–Crippen LogP) is 6.89. The molecule has 3 aromatic carbocycles. The standard InChI is InChI=1S/C17H13F3N2O3.C8H7F3O2/c18-17(19,20)25-12-6-4-11(5-7-12)10-24-16(23)22-15-3-1-2-14-13(15)8-9-21-14;9-8(10,11)13-7-3-1-6(5-12)2-4-7/h1-9,21H,10H2,(H,22,23);1-4,12H,5H2. The molecule has 4 rings (SSSR count). The van der Waals surface area contributed by atoms with E-state index in [0.717, 1.165) is 35.2 Å². The lowest BCUT2D eigenvalue weighted by atomic mass is 10.2.